The number of carbonyl (C=O) groups excluding carboxylic acids is 1. The third-order valence-corrected chi connectivity index (χ3v) is 5.82. The highest BCUT2D eigenvalue weighted by atomic mass is 19.1. The molecule has 1 aliphatic rings. The van der Waals surface area contributed by atoms with Crippen LogP contribution in [0.5, 0.6) is 11.5 Å². The lowest BCUT2D eigenvalue weighted by Crippen LogP contribution is -2.39. The number of piperidine rings is 1. The van der Waals surface area contributed by atoms with E-state index >= 15 is 0 Å². The molecule has 2 heterocycles. The molecule has 1 N–H and O–H groups in total. The lowest BCUT2D eigenvalue weighted by molar-refractivity contribution is -0.117. The molecule has 4 aromatic rings. The Bertz CT molecular complexity index is 1230. The number of anilines is 1. The molecule has 8 heteroatoms. The molecular weight excluding hydrogens is 421 g/mol. The summed E-state index contributed by atoms with van der Waals surface area (Å²) >= 11 is 0. The van der Waals surface area contributed by atoms with Crippen LogP contribution in [0.4, 0.5) is 10.1 Å². The van der Waals surface area contributed by atoms with Gasteiger partial charge in [0.25, 0.3) is 0 Å². The first kappa shape index (κ1) is 21.1. The molecule has 3 aromatic carbocycles. The first-order valence-electron chi connectivity index (χ1n) is 11.0. The summed E-state index contributed by atoms with van der Waals surface area (Å²) < 4.78 is 21.1. The largest absolute Gasteiger partial charge is 0.457 e. The lowest BCUT2D eigenvalue weighted by atomic mass is 10.0. The Kier molecular flexibility index (Phi) is 5.99. The van der Waals surface area contributed by atoms with Crippen LogP contribution in [0.25, 0.3) is 11.0 Å². The number of ether oxygens (including phenoxy) is 1. The third-order valence-electron chi connectivity index (χ3n) is 5.82. The molecule has 1 amide bonds. The number of amides is 1. The number of para-hydroxylation sites is 1. The van der Waals surface area contributed by atoms with Gasteiger partial charge >= 0.3 is 0 Å². The molecular formula is C25H24FN5O2. The van der Waals surface area contributed by atoms with Gasteiger partial charge in [0.2, 0.25) is 5.91 Å². The summed E-state index contributed by atoms with van der Waals surface area (Å²) in [7, 11) is 0. The van der Waals surface area contributed by atoms with Gasteiger partial charge in [-0.25, -0.2) is 9.07 Å². The van der Waals surface area contributed by atoms with Crippen LogP contribution >= 0.6 is 0 Å². The summed E-state index contributed by atoms with van der Waals surface area (Å²) in [6.45, 7) is 1.90. The average Bonchev–Trinajstić information content (AvgIpc) is 3.24. The molecule has 0 unspecified atom stereocenters. The molecule has 33 heavy (non-hydrogen) atoms. The number of fused-ring (bicyclic) bond motifs is 1. The van der Waals surface area contributed by atoms with Crippen molar-refractivity contribution in [1.82, 2.24) is 19.9 Å². The normalized spacial score (nSPS) is 14.9. The van der Waals surface area contributed by atoms with Gasteiger partial charge in [-0.1, -0.05) is 23.4 Å². The monoisotopic (exact) mass is 445 g/mol. The molecule has 1 aliphatic heterocycles. The van der Waals surface area contributed by atoms with Crippen LogP contribution in [0.1, 0.15) is 18.9 Å². The van der Waals surface area contributed by atoms with E-state index in [4.69, 9.17) is 4.74 Å². The summed E-state index contributed by atoms with van der Waals surface area (Å²) in [5.41, 5.74) is 2.14. The minimum atomic E-state index is -0.311. The third kappa shape index (κ3) is 5.01. The maximum atomic E-state index is 13.4. The van der Waals surface area contributed by atoms with Crippen molar-refractivity contribution in [3.63, 3.8) is 0 Å². The molecule has 168 valence electrons. The number of benzene rings is 3. The number of hydrogen-bond acceptors (Lipinski definition) is 5. The first-order chi connectivity index (χ1) is 16.1. The van der Waals surface area contributed by atoms with Crippen LogP contribution in [-0.4, -0.2) is 45.4 Å². The van der Waals surface area contributed by atoms with Gasteiger partial charge in [-0.15, -0.1) is 5.10 Å². The van der Waals surface area contributed by atoms with Crippen LogP contribution in [0, 0.1) is 5.82 Å². The summed E-state index contributed by atoms with van der Waals surface area (Å²) in [6.07, 6.45) is 1.71. The quantitative estimate of drug-likeness (QED) is 0.468. The van der Waals surface area contributed by atoms with Crippen LogP contribution in [0.15, 0.2) is 72.8 Å². The Morgan fingerprint density at radius 2 is 1.73 bits per heavy atom. The number of likely N-dealkylation sites (tertiary alicyclic amines) is 1. The fraction of sp³-hybridized carbons (Fsp3) is 0.240. The Hall–Kier alpha value is -3.78. The fourth-order valence-electron chi connectivity index (χ4n) is 4.14. The van der Waals surface area contributed by atoms with E-state index in [9.17, 15) is 9.18 Å². The Morgan fingerprint density at radius 3 is 2.48 bits per heavy atom. The van der Waals surface area contributed by atoms with Crippen molar-refractivity contribution in [3.05, 3.63) is 78.6 Å². The molecule has 5 rings (SSSR count). The van der Waals surface area contributed by atoms with Crippen LogP contribution < -0.4 is 10.1 Å². The number of halogens is 1. The molecule has 0 bridgehead atoms. The zero-order valence-corrected chi connectivity index (χ0v) is 18.0. The van der Waals surface area contributed by atoms with Gasteiger partial charge in [0.05, 0.1) is 18.1 Å². The number of aromatic nitrogens is 3. The van der Waals surface area contributed by atoms with Gasteiger partial charge < -0.3 is 10.1 Å². The molecule has 0 radical (unpaired) electrons. The van der Waals surface area contributed by atoms with Gasteiger partial charge in [0, 0.05) is 24.8 Å². The molecule has 0 saturated carbocycles. The van der Waals surface area contributed by atoms with E-state index in [0.717, 1.165) is 42.9 Å². The predicted molar refractivity (Wildman–Crippen MR) is 124 cm³/mol. The molecule has 0 spiro atoms. The van der Waals surface area contributed by atoms with Gasteiger partial charge in [-0.2, -0.15) is 0 Å². The SMILES string of the molecule is O=C(CN1CCC(n2nnc3cc(F)ccc32)CC1)Nc1ccc(Oc2ccccc2)cc1. The highest BCUT2D eigenvalue weighted by molar-refractivity contribution is 5.92. The van der Waals surface area contributed by atoms with E-state index < -0.39 is 0 Å². The summed E-state index contributed by atoms with van der Waals surface area (Å²) in [4.78, 5) is 14.7. The zero-order valence-electron chi connectivity index (χ0n) is 18.0. The maximum Gasteiger partial charge on any atom is 0.238 e. The van der Waals surface area contributed by atoms with E-state index in [1.807, 2.05) is 59.3 Å². The van der Waals surface area contributed by atoms with Gasteiger partial charge in [-0.05, 0) is 61.4 Å². The predicted octanol–water partition coefficient (Wildman–Crippen LogP) is 4.64. The second kappa shape index (κ2) is 9.38. The highest BCUT2D eigenvalue weighted by Crippen LogP contribution is 2.26. The second-order valence-electron chi connectivity index (χ2n) is 8.16. The number of carbonyl (C=O) groups is 1. The Labute approximate surface area is 190 Å². The van der Waals surface area contributed by atoms with Gasteiger partial charge in [0.15, 0.2) is 0 Å². The molecule has 1 fully saturated rings. The highest BCUT2D eigenvalue weighted by Gasteiger charge is 2.24. The van der Waals surface area contributed by atoms with Crippen molar-refractivity contribution in [2.24, 2.45) is 0 Å². The van der Waals surface area contributed by atoms with Gasteiger partial charge in [-0.3, -0.25) is 9.69 Å². The maximum absolute atomic E-state index is 13.4. The molecule has 1 aromatic heterocycles. The smallest absolute Gasteiger partial charge is 0.238 e. The Morgan fingerprint density at radius 1 is 1.00 bits per heavy atom. The second-order valence-corrected chi connectivity index (χ2v) is 8.16. The lowest BCUT2D eigenvalue weighted by Gasteiger charge is -2.31. The standard InChI is InChI=1S/C25H24FN5O2/c26-18-6-11-24-23(16-18)28-29-31(24)20-12-14-30(15-13-20)17-25(32)27-19-7-9-22(10-8-19)33-21-4-2-1-3-5-21/h1-11,16,20H,12-15,17H2,(H,27,32). The van der Waals surface area contributed by atoms with E-state index in [2.05, 4.69) is 20.5 Å². The van der Waals surface area contributed by atoms with Crippen molar-refractivity contribution in [2.45, 2.75) is 18.9 Å². The minimum absolute atomic E-state index is 0.0492. The number of nitrogens with zero attached hydrogens (tertiary/aromatic N) is 4. The van der Waals surface area contributed by atoms with E-state index in [0.29, 0.717) is 17.8 Å². The number of rotatable bonds is 6. The zero-order chi connectivity index (χ0) is 22.6. The van der Waals surface area contributed by atoms with Crippen molar-refractivity contribution in [2.75, 3.05) is 25.0 Å². The summed E-state index contributed by atoms with van der Waals surface area (Å²) in [6, 6.07) is 21.6. The first-order valence-corrected chi connectivity index (χ1v) is 11.0. The molecule has 0 atom stereocenters. The summed E-state index contributed by atoms with van der Waals surface area (Å²) in [5, 5.41) is 11.3. The Balaban J connectivity index is 1.11. The number of hydrogen-bond donors (Lipinski definition) is 1. The van der Waals surface area contributed by atoms with Crippen LogP contribution in [0.2, 0.25) is 0 Å². The fourth-order valence-corrected chi connectivity index (χ4v) is 4.14. The van der Waals surface area contributed by atoms with Crippen molar-refractivity contribution in [3.8, 4) is 11.5 Å². The molecule has 1 saturated heterocycles. The molecule has 7 nitrogen and oxygen atoms in total. The van der Waals surface area contributed by atoms with Crippen molar-refractivity contribution >= 4 is 22.6 Å². The van der Waals surface area contributed by atoms with Crippen molar-refractivity contribution < 1.29 is 13.9 Å². The number of nitrogens with one attached hydrogen (secondary N) is 1. The van der Waals surface area contributed by atoms with Crippen molar-refractivity contribution in [1.29, 1.82) is 0 Å². The molecule has 0 aliphatic carbocycles. The average molecular weight is 445 g/mol. The topological polar surface area (TPSA) is 72.3 Å². The van der Waals surface area contributed by atoms with Crippen LogP contribution in [-0.2, 0) is 4.79 Å². The van der Waals surface area contributed by atoms with E-state index in [1.54, 1.807) is 6.07 Å². The van der Waals surface area contributed by atoms with Crippen LogP contribution in [0.3, 0.4) is 0 Å². The van der Waals surface area contributed by atoms with Gasteiger partial charge in [0.1, 0.15) is 22.8 Å². The minimum Gasteiger partial charge on any atom is -0.457 e. The summed E-state index contributed by atoms with van der Waals surface area (Å²) in [5.74, 6) is 1.12. The van der Waals surface area contributed by atoms with E-state index in [-0.39, 0.29) is 17.8 Å². The van der Waals surface area contributed by atoms with E-state index in [1.165, 1.54) is 12.1 Å².